The Morgan fingerprint density at radius 1 is 0.929 bits per heavy atom. The highest BCUT2D eigenvalue weighted by atomic mass is 16.3. The molecule has 0 aromatic heterocycles. The van der Waals surface area contributed by atoms with Crippen LogP contribution >= 0.6 is 0 Å². The largest absolute Gasteiger partial charge is 0.392 e. The van der Waals surface area contributed by atoms with E-state index in [1.807, 2.05) is 78.9 Å². The van der Waals surface area contributed by atoms with Crippen molar-refractivity contribution in [2.45, 2.75) is 12.1 Å². The SMILES string of the molecule is CN1C(=O)C(c2ccccc2)(c2cccc(-c3cccc(CO)c3)c2)N=C1N. The number of guanidine groups is 1. The van der Waals surface area contributed by atoms with Crippen molar-refractivity contribution in [2.24, 2.45) is 10.7 Å². The van der Waals surface area contributed by atoms with Crippen LogP contribution in [-0.2, 0) is 16.9 Å². The van der Waals surface area contributed by atoms with Crippen molar-refractivity contribution in [3.05, 3.63) is 95.6 Å². The van der Waals surface area contributed by atoms with Crippen molar-refractivity contribution >= 4 is 11.9 Å². The van der Waals surface area contributed by atoms with Gasteiger partial charge in [-0.3, -0.25) is 9.69 Å². The highest BCUT2D eigenvalue weighted by Gasteiger charge is 2.49. The predicted octanol–water partition coefficient (Wildman–Crippen LogP) is 2.88. The molecule has 1 atom stereocenters. The summed E-state index contributed by atoms with van der Waals surface area (Å²) < 4.78 is 0. The molecule has 3 aromatic rings. The summed E-state index contributed by atoms with van der Waals surface area (Å²) in [5.74, 6) is 0.0130. The van der Waals surface area contributed by atoms with Crippen LogP contribution in [-0.4, -0.2) is 28.9 Å². The Kier molecular flexibility index (Phi) is 4.45. The van der Waals surface area contributed by atoms with Crippen molar-refractivity contribution in [2.75, 3.05) is 7.05 Å². The van der Waals surface area contributed by atoms with E-state index in [-0.39, 0.29) is 18.5 Å². The van der Waals surface area contributed by atoms with Crippen LogP contribution in [0.5, 0.6) is 0 Å². The fourth-order valence-corrected chi connectivity index (χ4v) is 3.64. The van der Waals surface area contributed by atoms with Gasteiger partial charge in [0.1, 0.15) is 0 Å². The first kappa shape index (κ1) is 17.9. The molecule has 3 N–H and O–H groups in total. The number of nitrogens with zero attached hydrogens (tertiary/aromatic N) is 2. The first-order valence-corrected chi connectivity index (χ1v) is 9.06. The molecule has 5 nitrogen and oxygen atoms in total. The van der Waals surface area contributed by atoms with E-state index in [9.17, 15) is 9.90 Å². The fraction of sp³-hybridized carbons (Fsp3) is 0.130. The number of likely N-dealkylation sites (N-methyl/N-ethyl adjacent to an activating group) is 1. The third-order valence-electron chi connectivity index (χ3n) is 5.15. The number of aliphatic hydroxyl groups excluding tert-OH is 1. The summed E-state index contributed by atoms with van der Waals surface area (Å²) in [6, 6.07) is 25.0. The van der Waals surface area contributed by atoms with Crippen LogP contribution in [0.1, 0.15) is 16.7 Å². The lowest BCUT2D eigenvalue weighted by Crippen LogP contribution is -2.41. The van der Waals surface area contributed by atoms with Gasteiger partial charge in [0.25, 0.3) is 5.91 Å². The van der Waals surface area contributed by atoms with Gasteiger partial charge in [0.15, 0.2) is 11.5 Å². The van der Waals surface area contributed by atoms with E-state index in [1.165, 1.54) is 4.90 Å². The van der Waals surface area contributed by atoms with Gasteiger partial charge in [-0.25, -0.2) is 4.99 Å². The first-order chi connectivity index (χ1) is 13.6. The third kappa shape index (κ3) is 2.77. The van der Waals surface area contributed by atoms with E-state index in [0.29, 0.717) is 0 Å². The molecule has 1 aliphatic rings. The van der Waals surface area contributed by atoms with Crippen LogP contribution in [0.25, 0.3) is 11.1 Å². The third-order valence-corrected chi connectivity index (χ3v) is 5.15. The summed E-state index contributed by atoms with van der Waals surface area (Å²) in [6.07, 6.45) is 0. The Bertz CT molecular complexity index is 1060. The topological polar surface area (TPSA) is 78.9 Å². The van der Waals surface area contributed by atoms with E-state index < -0.39 is 5.54 Å². The minimum atomic E-state index is -1.20. The first-order valence-electron chi connectivity index (χ1n) is 9.06. The maximum absolute atomic E-state index is 13.3. The number of amides is 1. The monoisotopic (exact) mass is 371 g/mol. The van der Waals surface area contributed by atoms with Crippen LogP contribution in [0.2, 0.25) is 0 Å². The molecule has 3 aromatic carbocycles. The lowest BCUT2D eigenvalue weighted by molar-refractivity contribution is -0.129. The van der Waals surface area contributed by atoms with Gasteiger partial charge >= 0.3 is 0 Å². The summed E-state index contributed by atoms with van der Waals surface area (Å²) in [4.78, 5) is 19.3. The minimum Gasteiger partial charge on any atom is -0.392 e. The molecule has 0 bridgehead atoms. The van der Waals surface area contributed by atoms with Gasteiger partial charge in [0.05, 0.1) is 6.61 Å². The standard InChI is InChI=1S/C23H21N3O2/c1-26-21(28)23(25-22(26)24,19-10-3-2-4-11-19)20-12-6-9-18(14-20)17-8-5-7-16(13-17)15-27/h2-14,27H,15H2,1H3,(H2,24,25). The van der Waals surface area contributed by atoms with Gasteiger partial charge in [0.2, 0.25) is 0 Å². The molecule has 140 valence electrons. The van der Waals surface area contributed by atoms with Crippen LogP contribution in [0, 0.1) is 0 Å². The van der Waals surface area contributed by atoms with E-state index in [4.69, 9.17) is 5.73 Å². The molecule has 0 spiro atoms. The van der Waals surface area contributed by atoms with E-state index in [0.717, 1.165) is 27.8 Å². The highest BCUT2D eigenvalue weighted by Crippen LogP contribution is 2.40. The van der Waals surface area contributed by atoms with Crippen LogP contribution in [0.4, 0.5) is 0 Å². The van der Waals surface area contributed by atoms with Crippen molar-refractivity contribution < 1.29 is 9.90 Å². The zero-order chi connectivity index (χ0) is 19.7. The summed E-state index contributed by atoms with van der Waals surface area (Å²) in [5, 5.41) is 9.44. The minimum absolute atomic E-state index is 0.0222. The molecular weight excluding hydrogens is 350 g/mol. The average molecular weight is 371 g/mol. The number of benzene rings is 3. The van der Waals surface area contributed by atoms with Gasteiger partial charge in [0, 0.05) is 7.05 Å². The summed E-state index contributed by atoms with van der Waals surface area (Å²) in [7, 11) is 1.64. The Morgan fingerprint density at radius 3 is 2.21 bits per heavy atom. The molecule has 0 saturated heterocycles. The number of hydrogen-bond acceptors (Lipinski definition) is 4. The smallest absolute Gasteiger partial charge is 0.266 e. The maximum atomic E-state index is 13.3. The zero-order valence-electron chi connectivity index (χ0n) is 15.5. The molecule has 5 heteroatoms. The zero-order valence-corrected chi connectivity index (χ0v) is 15.5. The second kappa shape index (κ2) is 6.94. The van der Waals surface area contributed by atoms with E-state index >= 15 is 0 Å². The predicted molar refractivity (Wildman–Crippen MR) is 109 cm³/mol. The second-order valence-electron chi connectivity index (χ2n) is 6.85. The number of aliphatic imine (C=N–C) groups is 1. The Morgan fingerprint density at radius 2 is 1.57 bits per heavy atom. The van der Waals surface area contributed by atoms with Crippen LogP contribution < -0.4 is 5.73 Å². The number of aliphatic hydroxyl groups is 1. The van der Waals surface area contributed by atoms with Gasteiger partial charge in [-0.15, -0.1) is 0 Å². The van der Waals surface area contributed by atoms with Crippen molar-refractivity contribution in [3.8, 4) is 11.1 Å². The second-order valence-corrected chi connectivity index (χ2v) is 6.85. The lowest BCUT2D eigenvalue weighted by Gasteiger charge is -2.26. The van der Waals surface area contributed by atoms with Crippen molar-refractivity contribution in [1.82, 2.24) is 4.90 Å². The fourth-order valence-electron chi connectivity index (χ4n) is 3.64. The van der Waals surface area contributed by atoms with Crippen molar-refractivity contribution in [1.29, 1.82) is 0 Å². The quantitative estimate of drug-likeness (QED) is 0.740. The Balaban J connectivity index is 1.91. The number of carbonyl (C=O) groups excluding carboxylic acids is 1. The number of hydrogen-bond donors (Lipinski definition) is 2. The van der Waals surface area contributed by atoms with Gasteiger partial charge in [-0.2, -0.15) is 0 Å². The van der Waals surface area contributed by atoms with Gasteiger partial charge in [-0.1, -0.05) is 66.7 Å². The molecule has 1 aliphatic heterocycles. The summed E-state index contributed by atoms with van der Waals surface area (Å²) >= 11 is 0. The van der Waals surface area contributed by atoms with Crippen LogP contribution in [0.15, 0.2) is 83.9 Å². The van der Waals surface area contributed by atoms with Gasteiger partial charge < -0.3 is 10.8 Å². The van der Waals surface area contributed by atoms with Gasteiger partial charge in [-0.05, 0) is 39.9 Å². The normalized spacial score (nSPS) is 19.0. The summed E-state index contributed by atoms with van der Waals surface area (Å²) in [6.45, 7) is -0.0222. The molecule has 1 heterocycles. The Labute approximate surface area is 163 Å². The maximum Gasteiger partial charge on any atom is 0.266 e. The molecule has 1 amide bonds. The number of rotatable bonds is 4. The molecule has 0 fully saturated rings. The highest BCUT2D eigenvalue weighted by molar-refractivity contribution is 6.09. The van der Waals surface area contributed by atoms with E-state index in [2.05, 4.69) is 4.99 Å². The molecule has 28 heavy (non-hydrogen) atoms. The molecule has 4 rings (SSSR count). The average Bonchev–Trinajstić information content (AvgIpc) is 2.99. The number of carbonyl (C=O) groups is 1. The Hall–Kier alpha value is -3.44. The molecule has 0 radical (unpaired) electrons. The lowest BCUT2D eigenvalue weighted by atomic mass is 9.81. The summed E-state index contributed by atoms with van der Waals surface area (Å²) in [5.41, 5.74) is 9.10. The molecular formula is C23H21N3O2. The molecule has 1 unspecified atom stereocenters. The molecule has 0 saturated carbocycles. The van der Waals surface area contributed by atoms with Crippen LogP contribution in [0.3, 0.4) is 0 Å². The van der Waals surface area contributed by atoms with Crippen molar-refractivity contribution in [3.63, 3.8) is 0 Å². The van der Waals surface area contributed by atoms with E-state index in [1.54, 1.807) is 7.05 Å². The molecule has 0 aliphatic carbocycles. The number of nitrogens with two attached hydrogens (primary N) is 1.